The van der Waals surface area contributed by atoms with Crippen LogP contribution in [0.3, 0.4) is 0 Å². The molecule has 2 aliphatic carbocycles. The molecule has 17 heteroatoms. The van der Waals surface area contributed by atoms with E-state index in [9.17, 15) is 37.5 Å². The van der Waals surface area contributed by atoms with Gasteiger partial charge in [-0.1, -0.05) is 59.5 Å². The number of anilines is 1. The lowest BCUT2D eigenvalue weighted by Crippen LogP contribution is -2.53. The smallest absolute Gasteiger partial charge is 0.417 e. The summed E-state index contributed by atoms with van der Waals surface area (Å²) >= 11 is 12.6. The van der Waals surface area contributed by atoms with E-state index in [0.717, 1.165) is 0 Å². The van der Waals surface area contributed by atoms with Crippen LogP contribution in [0.25, 0.3) is 0 Å². The number of fused-ring (bicyclic) bond motifs is 4. The first-order valence-electron chi connectivity index (χ1n) is 17.9. The van der Waals surface area contributed by atoms with Crippen molar-refractivity contribution in [3.05, 3.63) is 93.1 Å². The van der Waals surface area contributed by atoms with Gasteiger partial charge in [-0.15, -0.1) is 0 Å². The number of nitrogens with zero attached hydrogens (tertiary/aromatic N) is 3. The van der Waals surface area contributed by atoms with Crippen LogP contribution in [0.1, 0.15) is 61.1 Å². The van der Waals surface area contributed by atoms with E-state index in [4.69, 9.17) is 33.0 Å². The molecule has 0 radical (unpaired) electrons. The van der Waals surface area contributed by atoms with E-state index in [2.05, 4.69) is 10.4 Å². The fourth-order valence-corrected chi connectivity index (χ4v) is 9.37. The molecule has 3 aromatic rings. The number of phenols is 1. The average molecular weight is 816 g/mol. The van der Waals surface area contributed by atoms with E-state index in [1.807, 2.05) is 6.08 Å². The van der Waals surface area contributed by atoms with E-state index in [1.54, 1.807) is 30.3 Å². The first-order valence-corrected chi connectivity index (χ1v) is 18.6. The van der Waals surface area contributed by atoms with E-state index in [0.29, 0.717) is 58.3 Å². The van der Waals surface area contributed by atoms with E-state index >= 15 is 4.79 Å². The molecule has 4 amide bonds. The standard InChI is InChI=1S/C39H35Cl2F3N4O8/c1-56-29-15-19(6-13-28(29)49)32-23-11-12-24-31(36(54)47(34(24)52)14-4-2-3-5-30(50)51)25(23)17-26-35(53)48(37(55)38(26,32)20-7-9-22(40)10-8-20)46-33-27(41)16-21(18-45-33)39(42,43)44/h6-11,13,15-16,18,24-26,31-32,49H,2-5,12,14,17H2,1H3,(H,45,46)(H,50,51)/t24-,25+,26-,31-,32-,38+/m0/s1. The lowest BCUT2D eigenvalue weighted by molar-refractivity contribution is -0.141. The number of unbranched alkanes of at least 4 members (excludes halogenated alkanes) is 2. The Bertz CT molecular complexity index is 2170. The van der Waals surface area contributed by atoms with Gasteiger partial charge in [-0.05, 0) is 73.1 Å². The number of hydrogen-bond donors (Lipinski definition) is 3. The Morgan fingerprint density at radius 1 is 1.00 bits per heavy atom. The minimum atomic E-state index is -4.77. The predicted octanol–water partition coefficient (Wildman–Crippen LogP) is 6.75. The monoisotopic (exact) mass is 814 g/mol. The van der Waals surface area contributed by atoms with Gasteiger partial charge in [0.25, 0.3) is 11.8 Å². The highest BCUT2D eigenvalue weighted by atomic mass is 35.5. The normalized spacial score (nSPS) is 25.8. The molecule has 2 aliphatic heterocycles. The topological polar surface area (TPSA) is 166 Å². The number of aliphatic carboxylic acids is 1. The number of carbonyl (C=O) groups excluding carboxylic acids is 4. The van der Waals surface area contributed by atoms with Gasteiger partial charge in [-0.25, -0.2) is 4.98 Å². The molecule has 56 heavy (non-hydrogen) atoms. The first-order chi connectivity index (χ1) is 26.6. The second-order valence-electron chi connectivity index (χ2n) is 14.4. The fourth-order valence-electron chi connectivity index (χ4n) is 9.04. The number of carbonyl (C=O) groups is 5. The number of rotatable bonds is 11. The van der Waals surface area contributed by atoms with E-state index in [1.165, 1.54) is 24.1 Å². The molecule has 294 valence electrons. The number of imide groups is 2. The van der Waals surface area contributed by atoms with Crippen LogP contribution in [0.15, 0.2) is 66.4 Å². The number of phenolic OH excluding ortho intramolecular Hbond substituents is 1. The van der Waals surface area contributed by atoms with Gasteiger partial charge < -0.3 is 14.9 Å². The number of methoxy groups -OCH3 is 1. The molecule has 3 N–H and O–H groups in total. The SMILES string of the molecule is COc1cc([C@H]2C3=CC[C@@H]4C(=O)N(CCCCCC(=O)O)C(=O)[C@@H]4[C@@H]3C[C@H]3C(=O)N(Nc4ncc(C(F)(F)F)cc4Cl)C(=O)[C@@]23c2ccc(Cl)cc2)ccc1O. The number of amides is 4. The van der Waals surface area contributed by atoms with Crippen LogP contribution in [-0.2, 0) is 35.6 Å². The van der Waals surface area contributed by atoms with Crippen molar-refractivity contribution in [2.75, 3.05) is 19.1 Å². The van der Waals surface area contributed by atoms with Gasteiger partial charge in [0.1, 0.15) is 0 Å². The molecule has 0 unspecified atom stereocenters. The highest BCUT2D eigenvalue weighted by molar-refractivity contribution is 6.33. The van der Waals surface area contributed by atoms with Crippen molar-refractivity contribution in [1.82, 2.24) is 14.9 Å². The van der Waals surface area contributed by atoms with Crippen LogP contribution < -0.4 is 10.2 Å². The van der Waals surface area contributed by atoms with Crippen molar-refractivity contribution in [2.45, 2.75) is 56.0 Å². The lowest BCUT2D eigenvalue weighted by atomic mass is 9.49. The number of likely N-dealkylation sites (tertiary alicyclic amines) is 1. The van der Waals surface area contributed by atoms with Crippen molar-refractivity contribution >= 4 is 58.6 Å². The molecule has 4 aliphatic rings. The summed E-state index contributed by atoms with van der Waals surface area (Å²) in [5.74, 6) is -8.39. The fraction of sp³-hybridized carbons (Fsp3) is 0.385. The number of ether oxygens (including phenoxy) is 1. The van der Waals surface area contributed by atoms with Crippen molar-refractivity contribution in [2.24, 2.45) is 23.7 Å². The van der Waals surface area contributed by atoms with Crippen LogP contribution in [0, 0.1) is 23.7 Å². The second-order valence-corrected chi connectivity index (χ2v) is 15.2. The molecule has 3 fully saturated rings. The molecule has 1 aromatic heterocycles. The first kappa shape index (κ1) is 39.1. The minimum absolute atomic E-state index is 0.0392. The molecule has 0 spiro atoms. The zero-order chi connectivity index (χ0) is 40.3. The highest BCUT2D eigenvalue weighted by Crippen LogP contribution is 2.64. The summed E-state index contributed by atoms with van der Waals surface area (Å²) in [6.45, 7) is 0.0963. The van der Waals surface area contributed by atoms with Crippen LogP contribution in [0.5, 0.6) is 11.5 Å². The van der Waals surface area contributed by atoms with E-state index < -0.39 is 75.5 Å². The summed E-state index contributed by atoms with van der Waals surface area (Å²) in [6.07, 6.45) is -1.09. The Labute approximate surface area is 328 Å². The van der Waals surface area contributed by atoms with Gasteiger partial charge in [-0.2, -0.15) is 18.2 Å². The molecule has 1 saturated carbocycles. The molecule has 12 nitrogen and oxygen atoms in total. The number of carboxylic acid groups (broad SMARTS) is 1. The molecular weight excluding hydrogens is 780 g/mol. The van der Waals surface area contributed by atoms with E-state index in [-0.39, 0.29) is 49.0 Å². The van der Waals surface area contributed by atoms with Crippen LogP contribution in [0.4, 0.5) is 19.0 Å². The zero-order valence-electron chi connectivity index (χ0n) is 29.7. The largest absolute Gasteiger partial charge is 0.504 e. The number of benzene rings is 2. The highest BCUT2D eigenvalue weighted by Gasteiger charge is 2.70. The summed E-state index contributed by atoms with van der Waals surface area (Å²) in [4.78, 5) is 74.1. The third-order valence-electron chi connectivity index (χ3n) is 11.5. The quantitative estimate of drug-likeness (QED) is 0.107. The average Bonchev–Trinajstić information content (AvgIpc) is 3.52. The Morgan fingerprint density at radius 2 is 1.73 bits per heavy atom. The Hall–Kier alpha value is -5.15. The maximum Gasteiger partial charge on any atom is 0.417 e. The van der Waals surface area contributed by atoms with Crippen LogP contribution in [0.2, 0.25) is 10.0 Å². The molecule has 0 bridgehead atoms. The van der Waals surface area contributed by atoms with Gasteiger partial charge in [0, 0.05) is 30.1 Å². The summed E-state index contributed by atoms with van der Waals surface area (Å²) in [7, 11) is 1.35. The molecule has 2 aromatic carbocycles. The number of allylic oxidation sites excluding steroid dienone is 2. The Kier molecular flexibility index (Phi) is 10.3. The van der Waals surface area contributed by atoms with Crippen LogP contribution >= 0.6 is 23.2 Å². The van der Waals surface area contributed by atoms with Crippen molar-refractivity contribution in [3.8, 4) is 11.5 Å². The van der Waals surface area contributed by atoms with Crippen molar-refractivity contribution in [1.29, 1.82) is 0 Å². The summed E-state index contributed by atoms with van der Waals surface area (Å²) < 4.78 is 45.9. The molecule has 3 heterocycles. The summed E-state index contributed by atoms with van der Waals surface area (Å²) in [5, 5.41) is 20.1. The number of nitrogens with one attached hydrogen (secondary N) is 1. The number of aromatic nitrogens is 1. The van der Waals surface area contributed by atoms with Gasteiger partial charge in [0.15, 0.2) is 17.3 Å². The minimum Gasteiger partial charge on any atom is -0.504 e. The summed E-state index contributed by atoms with van der Waals surface area (Å²) in [5.41, 5.74) is 1.11. The number of alkyl halides is 3. The number of hydrazine groups is 1. The van der Waals surface area contributed by atoms with Gasteiger partial charge in [-0.3, -0.25) is 34.3 Å². The predicted molar refractivity (Wildman–Crippen MR) is 194 cm³/mol. The number of halogens is 5. The van der Waals surface area contributed by atoms with Gasteiger partial charge in [0.2, 0.25) is 11.8 Å². The van der Waals surface area contributed by atoms with Crippen molar-refractivity contribution < 1.29 is 52.1 Å². The zero-order valence-corrected chi connectivity index (χ0v) is 31.2. The van der Waals surface area contributed by atoms with Gasteiger partial charge in [0.05, 0.1) is 40.9 Å². The number of carboxylic acids is 1. The maximum absolute atomic E-state index is 15.3. The molecular formula is C39H35Cl2F3N4O8. The van der Waals surface area contributed by atoms with Crippen LogP contribution in [-0.4, -0.2) is 68.4 Å². The number of hydrogen-bond acceptors (Lipinski definition) is 9. The third kappa shape index (κ3) is 6.43. The summed E-state index contributed by atoms with van der Waals surface area (Å²) in [6, 6.07) is 11.5. The van der Waals surface area contributed by atoms with Crippen molar-refractivity contribution in [3.63, 3.8) is 0 Å². The second kappa shape index (κ2) is 14.7. The maximum atomic E-state index is 15.3. The third-order valence-corrected chi connectivity index (χ3v) is 12.0. The molecule has 6 atom stereocenters. The molecule has 2 saturated heterocycles. The Morgan fingerprint density at radius 3 is 2.39 bits per heavy atom. The number of aromatic hydroxyl groups is 1. The number of pyridine rings is 1. The Balaban J connectivity index is 1.36. The van der Waals surface area contributed by atoms with Gasteiger partial charge >= 0.3 is 12.1 Å². The lowest BCUT2D eigenvalue weighted by Gasteiger charge is -2.50. The molecule has 7 rings (SSSR count).